The van der Waals surface area contributed by atoms with E-state index in [0.717, 1.165) is 11.3 Å². The number of rotatable bonds is 4. The molecule has 1 aromatic heterocycles. The van der Waals surface area contributed by atoms with E-state index in [1.807, 2.05) is 48.2 Å². The van der Waals surface area contributed by atoms with Crippen molar-refractivity contribution in [1.29, 1.82) is 5.26 Å². The minimum atomic E-state index is -0.288. The van der Waals surface area contributed by atoms with Gasteiger partial charge < -0.3 is 9.80 Å². The summed E-state index contributed by atoms with van der Waals surface area (Å²) in [5, 5.41) is 9.67. The maximum absolute atomic E-state index is 12.5. The van der Waals surface area contributed by atoms with Crippen molar-refractivity contribution in [3.63, 3.8) is 0 Å². The van der Waals surface area contributed by atoms with E-state index in [1.165, 1.54) is 0 Å². The first kappa shape index (κ1) is 17.9. The number of hydrogen-bond acceptors (Lipinski definition) is 5. The predicted octanol–water partition coefficient (Wildman–Crippen LogP) is 2.17. The zero-order chi connectivity index (χ0) is 18.5. The molecule has 1 aliphatic heterocycles. The van der Waals surface area contributed by atoms with Crippen LogP contribution in [0.25, 0.3) is 0 Å². The van der Waals surface area contributed by atoms with Gasteiger partial charge in [-0.1, -0.05) is 12.1 Å². The molecule has 0 aliphatic carbocycles. The number of hydrogen-bond donors (Lipinski definition) is 0. The van der Waals surface area contributed by atoms with Gasteiger partial charge in [0.1, 0.15) is 6.04 Å². The lowest BCUT2D eigenvalue weighted by Crippen LogP contribution is -2.49. The number of pyridine rings is 1. The highest BCUT2D eigenvalue weighted by Gasteiger charge is 2.27. The predicted molar refractivity (Wildman–Crippen MR) is 101 cm³/mol. The van der Waals surface area contributed by atoms with Gasteiger partial charge in [0.25, 0.3) is 5.91 Å². The normalized spacial score (nSPS) is 16.0. The standard InChI is InChI=1S/C20H23N5O/c1-23(2)18-5-3-16(4-6-18)19(15-21)24-11-13-25(14-12-24)20(26)17-7-9-22-10-8-17/h3-10,19H,11-14H2,1-2H3. The minimum absolute atomic E-state index is 0.0240. The number of nitriles is 1. The second-order valence-corrected chi connectivity index (χ2v) is 6.58. The lowest BCUT2D eigenvalue weighted by atomic mass is 10.0. The lowest BCUT2D eigenvalue weighted by molar-refractivity contribution is 0.0606. The topological polar surface area (TPSA) is 63.5 Å². The summed E-state index contributed by atoms with van der Waals surface area (Å²) in [6.45, 7) is 2.61. The average Bonchev–Trinajstić information content (AvgIpc) is 2.69. The summed E-state index contributed by atoms with van der Waals surface area (Å²) in [5.74, 6) is 0.0240. The molecule has 0 N–H and O–H groups in total. The molecule has 3 rings (SSSR count). The fraction of sp³-hybridized carbons (Fsp3) is 0.350. The number of piperazine rings is 1. The summed E-state index contributed by atoms with van der Waals surface area (Å²) in [6.07, 6.45) is 3.26. The molecule has 0 spiro atoms. The van der Waals surface area contributed by atoms with Crippen molar-refractivity contribution < 1.29 is 4.79 Å². The van der Waals surface area contributed by atoms with Gasteiger partial charge in [0.15, 0.2) is 0 Å². The number of carbonyl (C=O) groups excluding carboxylic acids is 1. The molecule has 6 nitrogen and oxygen atoms in total. The molecule has 1 amide bonds. The summed E-state index contributed by atoms with van der Waals surface area (Å²) in [4.78, 5) is 22.5. The van der Waals surface area contributed by atoms with Gasteiger partial charge >= 0.3 is 0 Å². The van der Waals surface area contributed by atoms with Gasteiger partial charge in [-0.2, -0.15) is 5.26 Å². The first-order chi connectivity index (χ1) is 12.6. The number of benzene rings is 1. The van der Waals surface area contributed by atoms with Crippen LogP contribution in [0.4, 0.5) is 5.69 Å². The molecule has 0 radical (unpaired) electrons. The molecular weight excluding hydrogens is 326 g/mol. The zero-order valence-corrected chi connectivity index (χ0v) is 15.2. The molecule has 1 fully saturated rings. The second kappa shape index (κ2) is 7.98. The van der Waals surface area contributed by atoms with E-state index in [0.29, 0.717) is 31.7 Å². The Kier molecular flexibility index (Phi) is 5.49. The third-order valence-electron chi connectivity index (χ3n) is 4.74. The number of amides is 1. The van der Waals surface area contributed by atoms with Crippen molar-refractivity contribution in [2.45, 2.75) is 6.04 Å². The average molecular weight is 349 g/mol. The largest absolute Gasteiger partial charge is 0.378 e. The minimum Gasteiger partial charge on any atom is -0.378 e. The van der Waals surface area contributed by atoms with Crippen molar-refractivity contribution in [2.75, 3.05) is 45.2 Å². The quantitative estimate of drug-likeness (QED) is 0.846. The van der Waals surface area contributed by atoms with E-state index in [4.69, 9.17) is 0 Å². The van der Waals surface area contributed by atoms with Crippen molar-refractivity contribution in [2.24, 2.45) is 0 Å². The maximum Gasteiger partial charge on any atom is 0.254 e. The van der Waals surface area contributed by atoms with Crippen LogP contribution in [0.2, 0.25) is 0 Å². The summed E-state index contributed by atoms with van der Waals surface area (Å²) in [7, 11) is 3.99. The van der Waals surface area contributed by atoms with E-state index in [2.05, 4.69) is 16.0 Å². The summed E-state index contributed by atoms with van der Waals surface area (Å²) in [6, 6.07) is 13.7. The van der Waals surface area contributed by atoms with Crippen LogP contribution in [-0.4, -0.2) is 61.0 Å². The Morgan fingerprint density at radius 3 is 2.23 bits per heavy atom. The number of carbonyl (C=O) groups is 1. The smallest absolute Gasteiger partial charge is 0.254 e. The number of nitrogens with zero attached hydrogens (tertiary/aromatic N) is 5. The summed E-state index contributed by atoms with van der Waals surface area (Å²) in [5.41, 5.74) is 2.76. The summed E-state index contributed by atoms with van der Waals surface area (Å²) < 4.78 is 0. The lowest BCUT2D eigenvalue weighted by Gasteiger charge is -2.37. The Labute approximate surface area is 154 Å². The molecule has 6 heteroatoms. The highest BCUT2D eigenvalue weighted by molar-refractivity contribution is 5.94. The van der Waals surface area contributed by atoms with Crippen LogP contribution in [0.15, 0.2) is 48.8 Å². The fourth-order valence-corrected chi connectivity index (χ4v) is 3.18. The number of anilines is 1. The first-order valence-electron chi connectivity index (χ1n) is 8.70. The van der Waals surface area contributed by atoms with Gasteiger partial charge in [-0.15, -0.1) is 0 Å². The SMILES string of the molecule is CN(C)c1ccc(C(C#N)N2CCN(C(=O)c3ccncc3)CC2)cc1. The Morgan fingerprint density at radius 1 is 1.08 bits per heavy atom. The molecule has 0 bridgehead atoms. The van der Waals surface area contributed by atoms with E-state index < -0.39 is 0 Å². The molecule has 26 heavy (non-hydrogen) atoms. The van der Waals surface area contributed by atoms with Crippen molar-refractivity contribution >= 4 is 11.6 Å². The van der Waals surface area contributed by atoms with Gasteiger partial charge in [0, 0.05) is 63.9 Å². The zero-order valence-electron chi connectivity index (χ0n) is 15.2. The Bertz CT molecular complexity index is 774. The Hall–Kier alpha value is -2.91. The van der Waals surface area contributed by atoms with Crippen LogP contribution in [0.3, 0.4) is 0 Å². The molecule has 134 valence electrons. The van der Waals surface area contributed by atoms with Gasteiger partial charge in [0.2, 0.25) is 0 Å². The van der Waals surface area contributed by atoms with Crippen molar-refractivity contribution in [3.05, 3.63) is 59.9 Å². The van der Waals surface area contributed by atoms with E-state index >= 15 is 0 Å². The Morgan fingerprint density at radius 2 is 1.69 bits per heavy atom. The molecule has 0 saturated carbocycles. The van der Waals surface area contributed by atoms with E-state index in [9.17, 15) is 10.1 Å². The Balaban J connectivity index is 1.64. The van der Waals surface area contributed by atoms with Gasteiger partial charge in [0.05, 0.1) is 6.07 Å². The third-order valence-corrected chi connectivity index (χ3v) is 4.74. The van der Waals surface area contributed by atoms with Crippen LogP contribution in [0.5, 0.6) is 0 Å². The third kappa shape index (κ3) is 3.84. The van der Waals surface area contributed by atoms with Crippen molar-refractivity contribution in [1.82, 2.24) is 14.8 Å². The van der Waals surface area contributed by atoms with E-state index in [1.54, 1.807) is 24.5 Å². The van der Waals surface area contributed by atoms with Crippen LogP contribution < -0.4 is 4.90 Å². The van der Waals surface area contributed by atoms with Crippen LogP contribution >= 0.6 is 0 Å². The molecule has 1 saturated heterocycles. The molecular formula is C20H23N5O. The molecule has 1 unspecified atom stereocenters. The van der Waals surface area contributed by atoms with Crippen molar-refractivity contribution in [3.8, 4) is 6.07 Å². The highest BCUT2D eigenvalue weighted by atomic mass is 16.2. The maximum atomic E-state index is 12.5. The second-order valence-electron chi connectivity index (χ2n) is 6.58. The van der Waals surface area contributed by atoms with Crippen LogP contribution in [0.1, 0.15) is 22.0 Å². The number of aromatic nitrogens is 1. The first-order valence-corrected chi connectivity index (χ1v) is 8.70. The van der Waals surface area contributed by atoms with Gasteiger partial charge in [-0.3, -0.25) is 14.7 Å². The van der Waals surface area contributed by atoms with Crippen LogP contribution in [-0.2, 0) is 0 Å². The van der Waals surface area contributed by atoms with Gasteiger partial charge in [-0.05, 0) is 29.8 Å². The molecule has 2 heterocycles. The molecule has 2 aromatic rings. The highest BCUT2D eigenvalue weighted by Crippen LogP contribution is 2.24. The fourth-order valence-electron chi connectivity index (χ4n) is 3.18. The van der Waals surface area contributed by atoms with Crippen LogP contribution in [0, 0.1) is 11.3 Å². The van der Waals surface area contributed by atoms with E-state index in [-0.39, 0.29) is 11.9 Å². The molecule has 1 aromatic carbocycles. The molecule has 1 aliphatic rings. The van der Waals surface area contributed by atoms with Gasteiger partial charge in [-0.25, -0.2) is 0 Å². The monoisotopic (exact) mass is 349 g/mol. The molecule has 1 atom stereocenters. The summed E-state index contributed by atoms with van der Waals surface area (Å²) >= 11 is 0.